The monoisotopic (exact) mass is 383 g/mol. The number of anilines is 1. The molecular weight excluding hydrogens is 366 g/mol. The van der Waals surface area contributed by atoms with Crippen molar-refractivity contribution in [3.63, 3.8) is 0 Å². The highest BCUT2D eigenvalue weighted by atomic mass is 79.9. The second-order valence-corrected chi connectivity index (χ2v) is 8.21. The molecule has 2 aromatic carbocycles. The predicted molar refractivity (Wildman–Crippen MR) is 92.6 cm³/mol. The number of halogens is 1. The lowest BCUT2D eigenvalue weighted by molar-refractivity contribution is 0.304. The topological polar surface area (TPSA) is 55.4 Å². The normalized spacial score (nSPS) is 11.5. The zero-order chi connectivity index (χ0) is 16.2. The van der Waals surface area contributed by atoms with Crippen LogP contribution in [-0.2, 0) is 16.6 Å². The maximum atomic E-state index is 11.9. The summed E-state index contributed by atoms with van der Waals surface area (Å²) in [5.41, 5.74) is 1.53. The first-order valence-corrected chi connectivity index (χ1v) is 9.20. The van der Waals surface area contributed by atoms with Crippen molar-refractivity contribution in [2.75, 3.05) is 4.72 Å². The van der Waals surface area contributed by atoms with Crippen LogP contribution in [0.5, 0.6) is 5.75 Å². The molecule has 0 fully saturated rings. The quantitative estimate of drug-likeness (QED) is 0.813. The molecule has 2 rings (SSSR count). The van der Waals surface area contributed by atoms with Gasteiger partial charge in [0.05, 0.1) is 15.4 Å². The Hall–Kier alpha value is -1.53. The van der Waals surface area contributed by atoms with Crippen molar-refractivity contribution in [3.8, 4) is 5.75 Å². The highest BCUT2D eigenvalue weighted by Crippen LogP contribution is 2.29. The molecule has 0 radical (unpaired) electrons. The Morgan fingerprint density at radius 2 is 1.82 bits per heavy atom. The molecule has 0 heterocycles. The van der Waals surface area contributed by atoms with E-state index in [2.05, 4.69) is 20.7 Å². The second kappa shape index (κ2) is 7.15. The van der Waals surface area contributed by atoms with Crippen molar-refractivity contribution in [2.24, 2.45) is 0 Å². The molecule has 0 amide bonds. The number of rotatable bonds is 6. The van der Waals surface area contributed by atoms with Gasteiger partial charge < -0.3 is 4.74 Å². The van der Waals surface area contributed by atoms with Gasteiger partial charge in [0.15, 0.2) is 0 Å². The third-order valence-corrected chi connectivity index (χ3v) is 5.47. The van der Waals surface area contributed by atoms with Crippen LogP contribution in [0.15, 0.2) is 53.0 Å². The molecule has 118 valence electrons. The van der Waals surface area contributed by atoms with Crippen molar-refractivity contribution in [3.05, 3.63) is 58.6 Å². The lowest BCUT2D eigenvalue weighted by Crippen LogP contribution is -2.22. The van der Waals surface area contributed by atoms with Gasteiger partial charge in [-0.3, -0.25) is 4.72 Å². The van der Waals surface area contributed by atoms with E-state index in [1.165, 1.54) is 0 Å². The van der Waals surface area contributed by atoms with Crippen molar-refractivity contribution in [1.29, 1.82) is 0 Å². The van der Waals surface area contributed by atoms with E-state index in [1.54, 1.807) is 32.0 Å². The van der Waals surface area contributed by atoms with Crippen LogP contribution in [0.4, 0.5) is 5.69 Å². The Kier molecular flexibility index (Phi) is 5.47. The van der Waals surface area contributed by atoms with E-state index in [4.69, 9.17) is 4.74 Å². The summed E-state index contributed by atoms with van der Waals surface area (Å²) in [5.74, 6) is 0.591. The van der Waals surface area contributed by atoms with E-state index in [0.717, 1.165) is 10.0 Å². The first kappa shape index (κ1) is 16.8. The van der Waals surface area contributed by atoms with Crippen LogP contribution < -0.4 is 9.46 Å². The van der Waals surface area contributed by atoms with Crippen molar-refractivity contribution >= 4 is 31.6 Å². The molecule has 0 unspecified atom stereocenters. The SMILES string of the molecule is CC(C)S(=O)(=O)Nc1ccc(Br)c(OCc2ccccc2)c1. The fourth-order valence-electron chi connectivity index (χ4n) is 1.69. The van der Waals surface area contributed by atoms with Crippen LogP contribution in [0.1, 0.15) is 19.4 Å². The van der Waals surface area contributed by atoms with Gasteiger partial charge in [0, 0.05) is 6.07 Å². The van der Waals surface area contributed by atoms with Gasteiger partial charge in [-0.2, -0.15) is 0 Å². The standard InChI is InChI=1S/C16H18BrNO3S/c1-12(2)22(19,20)18-14-8-9-15(17)16(10-14)21-11-13-6-4-3-5-7-13/h3-10,12,18H,11H2,1-2H3. The van der Waals surface area contributed by atoms with Crippen molar-refractivity contribution in [1.82, 2.24) is 0 Å². The molecule has 0 bridgehead atoms. The van der Waals surface area contributed by atoms with E-state index >= 15 is 0 Å². The number of ether oxygens (including phenoxy) is 1. The van der Waals surface area contributed by atoms with Crippen LogP contribution in [0.25, 0.3) is 0 Å². The summed E-state index contributed by atoms with van der Waals surface area (Å²) in [6, 6.07) is 14.9. The van der Waals surface area contributed by atoms with Gasteiger partial charge in [-0.05, 0) is 47.5 Å². The average molecular weight is 384 g/mol. The fraction of sp³-hybridized carbons (Fsp3) is 0.250. The van der Waals surface area contributed by atoms with E-state index < -0.39 is 15.3 Å². The Labute approximate surface area is 139 Å². The van der Waals surface area contributed by atoms with Gasteiger partial charge in [-0.15, -0.1) is 0 Å². The van der Waals surface area contributed by atoms with Crippen LogP contribution in [0, 0.1) is 0 Å². The summed E-state index contributed by atoms with van der Waals surface area (Å²) >= 11 is 3.41. The van der Waals surface area contributed by atoms with E-state index in [9.17, 15) is 8.42 Å². The molecule has 2 aromatic rings. The summed E-state index contributed by atoms with van der Waals surface area (Å²) in [6.45, 7) is 3.68. The van der Waals surface area contributed by atoms with Crippen LogP contribution in [0.2, 0.25) is 0 Å². The number of benzene rings is 2. The zero-order valence-electron chi connectivity index (χ0n) is 12.4. The Morgan fingerprint density at radius 3 is 2.45 bits per heavy atom. The van der Waals surface area contributed by atoms with Crippen molar-refractivity contribution in [2.45, 2.75) is 25.7 Å². The minimum atomic E-state index is -3.37. The Morgan fingerprint density at radius 1 is 1.14 bits per heavy atom. The lowest BCUT2D eigenvalue weighted by Gasteiger charge is -2.13. The lowest BCUT2D eigenvalue weighted by atomic mass is 10.2. The molecule has 4 nitrogen and oxygen atoms in total. The largest absolute Gasteiger partial charge is 0.488 e. The van der Waals surface area contributed by atoms with Crippen molar-refractivity contribution < 1.29 is 13.2 Å². The fourth-order valence-corrected chi connectivity index (χ4v) is 2.75. The van der Waals surface area contributed by atoms with Gasteiger partial charge in [0.25, 0.3) is 0 Å². The molecule has 0 aliphatic rings. The van der Waals surface area contributed by atoms with Crippen LogP contribution in [-0.4, -0.2) is 13.7 Å². The van der Waals surface area contributed by atoms with Gasteiger partial charge in [-0.25, -0.2) is 8.42 Å². The molecular formula is C16H18BrNO3S. The van der Waals surface area contributed by atoms with Gasteiger partial charge >= 0.3 is 0 Å². The molecule has 0 spiro atoms. The first-order chi connectivity index (χ1) is 10.4. The molecule has 0 saturated heterocycles. The second-order valence-electron chi connectivity index (χ2n) is 5.12. The third-order valence-electron chi connectivity index (χ3n) is 3.05. The molecule has 0 atom stereocenters. The summed E-state index contributed by atoms with van der Waals surface area (Å²) in [4.78, 5) is 0. The van der Waals surface area contributed by atoms with Gasteiger partial charge in [0.2, 0.25) is 10.0 Å². The summed E-state index contributed by atoms with van der Waals surface area (Å²) in [5, 5.41) is -0.496. The third kappa shape index (κ3) is 4.48. The minimum Gasteiger partial charge on any atom is -0.488 e. The molecule has 0 saturated carbocycles. The Bertz CT molecular complexity index is 730. The van der Waals surface area contributed by atoms with E-state index in [-0.39, 0.29) is 0 Å². The highest BCUT2D eigenvalue weighted by Gasteiger charge is 2.16. The number of sulfonamides is 1. The average Bonchev–Trinajstić information content (AvgIpc) is 2.48. The van der Waals surface area contributed by atoms with Crippen LogP contribution in [0.3, 0.4) is 0 Å². The Balaban J connectivity index is 2.13. The number of hydrogen-bond acceptors (Lipinski definition) is 3. The van der Waals surface area contributed by atoms with E-state index in [0.29, 0.717) is 18.0 Å². The summed E-state index contributed by atoms with van der Waals surface area (Å²) in [6.07, 6.45) is 0. The molecule has 22 heavy (non-hydrogen) atoms. The number of hydrogen-bond donors (Lipinski definition) is 1. The first-order valence-electron chi connectivity index (χ1n) is 6.86. The highest BCUT2D eigenvalue weighted by molar-refractivity contribution is 9.10. The smallest absolute Gasteiger partial charge is 0.235 e. The maximum Gasteiger partial charge on any atom is 0.235 e. The molecule has 0 aliphatic carbocycles. The summed E-state index contributed by atoms with van der Waals surface area (Å²) in [7, 11) is -3.37. The summed E-state index contributed by atoms with van der Waals surface area (Å²) < 4.78 is 32.9. The maximum absolute atomic E-state index is 11.9. The minimum absolute atomic E-state index is 0.416. The van der Waals surface area contributed by atoms with Gasteiger partial charge in [0.1, 0.15) is 12.4 Å². The van der Waals surface area contributed by atoms with E-state index in [1.807, 2.05) is 30.3 Å². The van der Waals surface area contributed by atoms with Gasteiger partial charge in [-0.1, -0.05) is 30.3 Å². The van der Waals surface area contributed by atoms with Crippen LogP contribution >= 0.6 is 15.9 Å². The zero-order valence-corrected chi connectivity index (χ0v) is 14.8. The molecule has 1 N–H and O–H groups in total. The molecule has 6 heteroatoms. The number of nitrogens with one attached hydrogen (secondary N) is 1. The molecule has 0 aromatic heterocycles. The molecule has 0 aliphatic heterocycles. The predicted octanol–water partition coefficient (Wildman–Crippen LogP) is 4.18.